The number of nitrogens with one attached hydrogen (secondary N) is 1. The maximum atomic E-state index is 15.4. The lowest BCUT2D eigenvalue weighted by molar-refractivity contribution is 0.0712. The van der Waals surface area contributed by atoms with E-state index in [4.69, 9.17) is 0 Å². The molecule has 2 atom stereocenters. The number of hydrogen-bond acceptors (Lipinski definition) is 2. The third kappa shape index (κ3) is 3.04. The summed E-state index contributed by atoms with van der Waals surface area (Å²) in [5, 5.41) is -0.551. The molecule has 0 bridgehead atoms. The van der Waals surface area contributed by atoms with Crippen molar-refractivity contribution in [2.24, 2.45) is 0 Å². The highest BCUT2D eigenvalue weighted by atomic mass is 32.2. The van der Waals surface area contributed by atoms with Gasteiger partial charge in [0.25, 0.3) is 0 Å². The molecule has 5 heteroatoms. The monoisotopic (exact) mass is 299 g/mol. The van der Waals surface area contributed by atoms with E-state index in [1.54, 1.807) is 38.1 Å². The molecule has 112 valence electrons. The van der Waals surface area contributed by atoms with E-state index in [1.165, 1.54) is 0 Å². The van der Waals surface area contributed by atoms with Crippen LogP contribution in [0.1, 0.15) is 45.1 Å². The minimum Gasteiger partial charge on any atom is -0.237 e. The Morgan fingerprint density at radius 2 is 1.90 bits per heavy atom. The zero-order chi connectivity index (χ0) is 14.8. The molecule has 0 unspecified atom stereocenters. The maximum Gasteiger partial charge on any atom is 0.214 e. The van der Waals surface area contributed by atoms with Crippen LogP contribution in [0.5, 0.6) is 0 Å². The van der Waals surface area contributed by atoms with Gasteiger partial charge in [0.2, 0.25) is 10.0 Å². The van der Waals surface area contributed by atoms with Crippen LogP contribution in [0.2, 0.25) is 0 Å². The number of hydrogen-bond donors (Lipinski definition) is 1. The fourth-order valence-corrected chi connectivity index (χ4v) is 3.65. The predicted octanol–water partition coefficient (Wildman–Crippen LogP) is 3.12. The topological polar surface area (TPSA) is 46.2 Å². The van der Waals surface area contributed by atoms with Crippen LogP contribution in [0, 0.1) is 0 Å². The minimum absolute atomic E-state index is 0.363. The number of sulfonamides is 1. The summed E-state index contributed by atoms with van der Waals surface area (Å²) in [5.74, 6) is 0. The number of rotatable bonds is 4. The van der Waals surface area contributed by atoms with Crippen LogP contribution in [0.25, 0.3) is 0 Å². The lowest BCUT2D eigenvalue weighted by Gasteiger charge is -2.38. The molecule has 1 N–H and O–H groups in total. The average Bonchev–Trinajstić information content (AvgIpc) is 2.42. The van der Waals surface area contributed by atoms with Crippen molar-refractivity contribution in [2.45, 2.75) is 56.5 Å². The van der Waals surface area contributed by atoms with Gasteiger partial charge in [-0.2, -0.15) is 0 Å². The van der Waals surface area contributed by atoms with E-state index in [0.717, 1.165) is 12.8 Å². The van der Waals surface area contributed by atoms with Gasteiger partial charge in [-0.15, -0.1) is 0 Å². The van der Waals surface area contributed by atoms with Gasteiger partial charge in [-0.05, 0) is 38.7 Å². The van der Waals surface area contributed by atoms with Gasteiger partial charge >= 0.3 is 0 Å². The lowest BCUT2D eigenvalue weighted by Crippen LogP contribution is -2.51. The van der Waals surface area contributed by atoms with Crippen molar-refractivity contribution in [1.82, 2.24) is 4.72 Å². The second kappa shape index (κ2) is 5.82. The fraction of sp³-hybridized carbons (Fsp3) is 0.600. The summed E-state index contributed by atoms with van der Waals surface area (Å²) in [6.45, 7) is 3.21. The van der Waals surface area contributed by atoms with Crippen molar-refractivity contribution in [1.29, 1.82) is 0 Å². The molecular formula is C15H22FNO2S. The molecule has 0 saturated heterocycles. The van der Waals surface area contributed by atoms with Crippen molar-refractivity contribution in [3.8, 4) is 0 Å². The Morgan fingerprint density at radius 1 is 1.25 bits per heavy atom. The van der Waals surface area contributed by atoms with Crippen LogP contribution in [0.4, 0.5) is 4.39 Å². The molecule has 0 heterocycles. The molecule has 1 saturated carbocycles. The van der Waals surface area contributed by atoms with Gasteiger partial charge in [-0.3, -0.25) is 0 Å². The normalized spacial score (nSPS) is 27.7. The number of benzene rings is 1. The van der Waals surface area contributed by atoms with E-state index in [2.05, 4.69) is 4.72 Å². The highest BCUT2D eigenvalue weighted by Crippen LogP contribution is 2.41. The molecular weight excluding hydrogens is 277 g/mol. The van der Waals surface area contributed by atoms with Crippen LogP contribution in [0.15, 0.2) is 30.3 Å². The third-order valence-corrected chi connectivity index (χ3v) is 5.87. The summed E-state index contributed by atoms with van der Waals surface area (Å²) in [6.07, 6.45) is 2.54. The molecule has 20 heavy (non-hydrogen) atoms. The summed E-state index contributed by atoms with van der Waals surface area (Å²) >= 11 is 0. The first-order chi connectivity index (χ1) is 9.36. The van der Waals surface area contributed by atoms with E-state index in [-0.39, 0.29) is 0 Å². The van der Waals surface area contributed by atoms with E-state index < -0.39 is 27.0 Å². The van der Waals surface area contributed by atoms with E-state index in [1.807, 2.05) is 6.07 Å². The van der Waals surface area contributed by atoms with Crippen molar-refractivity contribution in [3.63, 3.8) is 0 Å². The first kappa shape index (κ1) is 15.4. The van der Waals surface area contributed by atoms with Gasteiger partial charge in [0.15, 0.2) is 5.67 Å². The first-order valence-corrected chi connectivity index (χ1v) is 8.66. The highest BCUT2D eigenvalue weighted by molar-refractivity contribution is 7.90. The largest absolute Gasteiger partial charge is 0.237 e. The molecule has 1 aliphatic carbocycles. The third-order valence-electron chi connectivity index (χ3n) is 4.02. The molecule has 0 spiro atoms. The van der Waals surface area contributed by atoms with Crippen molar-refractivity contribution >= 4 is 10.0 Å². The van der Waals surface area contributed by atoms with Gasteiger partial charge in [0.1, 0.15) is 0 Å². The standard InChI is InChI=1S/C15H22FNO2S/c1-12(2)20(18,19)17-14-10-6-7-11-15(14,16)13-8-4-3-5-9-13/h3-5,8-9,12,14,17H,6-7,10-11H2,1-2H3/t14-,15-/m1/s1. The highest BCUT2D eigenvalue weighted by Gasteiger charge is 2.44. The summed E-state index contributed by atoms with van der Waals surface area (Å²) in [5.41, 5.74) is -1.04. The zero-order valence-electron chi connectivity index (χ0n) is 12.0. The quantitative estimate of drug-likeness (QED) is 0.928. The van der Waals surface area contributed by atoms with Gasteiger partial charge < -0.3 is 0 Å². The Kier molecular flexibility index (Phi) is 4.49. The molecule has 0 aromatic heterocycles. The predicted molar refractivity (Wildman–Crippen MR) is 78.7 cm³/mol. The minimum atomic E-state index is -3.47. The Morgan fingerprint density at radius 3 is 2.50 bits per heavy atom. The summed E-state index contributed by atoms with van der Waals surface area (Å²) in [7, 11) is -3.47. The van der Waals surface area contributed by atoms with Crippen molar-refractivity contribution in [2.75, 3.05) is 0 Å². The second-order valence-electron chi connectivity index (χ2n) is 5.74. The van der Waals surface area contributed by atoms with Gasteiger partial charge in [0, 0.05) is 0 Å². The Labute approximate surface area is 120 Å². The van der Waals surface area contributed by atoms with Gasteiger partial charge in [-0.25, -0.2) is 17.5 Å². The summed E-state index contributed by atoms with van der Waals surface area (Å²) in [4.78, 5) is 0. The summed E-state index contributed by atoms with van der Waals surface area (Å²) < 4.78 is 42.1. The molecule has 3 nitrogen and oxygen atoms in total. The fourth-order valence-electron chi connectivity index (χ4n) is 2.68. The molecule has 1 aromatic rings. The number of halogens is 1. The molecule has 0 aliphatic heterocycles. The molecule has 0 radical (unpaired) electrons. The smallest absolute Gasteiger partial charge is 0.214 e. The number of alkyl halides is 1. The van der Waals surface area contributed by atoms with Crippen molar-refractivity contribution < 1.29 is 12.8 Å². The van der Waals surface area contributed by atoms with Crippen LogP contribution in [-0.4, -0.2) is 19.7 Å². The Balaban J connectivity index is 2.30. The van der Waals surface area contributed by atoms with Crippen LogP contribution >= 0.6 is 0 Å². The first-order valence-electron chi connectivity index (χ1n) is 7.12. The van der Waals surface area contributed by atoms with Gasteiger partial charge in [-0.1, -0.05) is 36.8 Å². The molecule has 1 fully saturated rings. The van der Waals surface area contributed by atoms with Crippen molar-refractivity contribution in [3.05, 3.63) is 35.9 Å². The molecule has 0 amide bonds. The van der Waals surface area contributed by atoms with Crippen LogP contribution in [0.3, 0.4) is 0 Å². The van der Waals surface area contributed by atoms with Gasteiger partial charge in [0.05, 0.1) is 11.3 Å². The maximum absolute atomic E-state index is 15.4. The van der Waals surface area contributed by atoms with E-state index >= 15 is 4.39 Å². The SMILES string of the molecule is CC(C)S(=O)(=O)N[C@@H]1CCCC[C@@]1(F)c1ccccc1. The summed E-state index contributed by atoms with van der Waals surface area (Å²) in [6, 6.07) is 8.22. The molecule has 1 aromatic carbocycles. The van der Waals surface area contributed by atoms with Crippen LogP contribution < -0.4 is 4.72 Å². The van der Waals surface area contributed by atoms with E-state index in [0.29, 0.717) is 18.4 Å². The van der Waals surface area contributed by atoms with E-state index in [9.17, 15) is 8.42 Å². The Hall–Kier alpha value is -0.940. The molecule has 1 aliphatic rings. The molecule has 2 rings (SSSR count). The second-order valence-corrected chi connectivity index (χ2v) is 8.01. The Bertz CT molecular complexity index is 544. The average molecular weight is 299 g/mol. The lowest BCUT2D eigenvalue weighted by atomic mass is 9.78. The van der Waals surface area contributed by atoms with Crippen LogP contribution in [-0.2, 0) is 15.7 Å². The zero-order valence-corrected chi connectivity index (χ0v) is 12.8.